The summed E-state index contributed by atoms with van der Waals surface area (Å²) in [5, 5.41) is 4.19. The van der Waals surface area contributed by atoms with Crippen LogP contribution in [0.5, 0.6) is 11.5 Å². The summed E-state index contributed by atoms with van der Waals surface area (Å²) in [5.74, 6) is 2.20. The average molecular weight is 290 g/mol. The summed E-state index contributed by atoms with van der Waals surface area (Å²) in [4.78, 5) is 4.24. The maximum atomic E-state index is 5.91. The third kappa shape index (κ3) is 3.72. The van der Waals surface area contributed by atoms with Crippen molar-refractivity contribution in [1.82, 2.24) is 14.8 Å². The van der Waals surface area contributed by atoms with Crippen molar-refractivity contribution >= 4 is 0 Å². The lowest BCUT2D eigenvalue weighted by atomic mass is 10.2. The van der Waals surface area contributed by atoms with Crippen molar-refractivity contribution in [1.29, 1.82) is 0 Å². The molecule has 0 unspecified atom stereocenters. The standard InChI is InChI=1S/C15H22N4O2/c1-3-8-19-14(17-11-18-19)10-21-15-12(9-16)6-5-7-13(15)20-4-2/h5-7,11H,3-4,8-10,16H2,1-2H3. The molecule has 0 aliphatic heterocycles. The van der Waals surface area contributed by atoms with Crippen molar-refractivity contribution in [3.8, 4) is 11.5 Å². The van der Waals surface area contributed by atoms with E-state index >= 15 is 0 Å². The van der Waals surface area contributed by atoms with E-state index in [4.69, 9.17) is 15.2 Å². The molecule has 0 bridgehead atoms. The van der Waals surface area contributed by atoms with Crippen LogP contribution in [0, 0.1) is 0 Å². The molecule has 21 heavy (non-hydrogen) atoms. The molecule has 1 heterocycles. The van der Waals surface area contributed by atoms with Gasteiger partial charge in [0.15, 0.2) is 17.3 Å². The Kier molecular flexibility index (Phi) is 5.57. The zero-order chi connectivity index (χ0) is 15.1. The van der Waals surface area contributed by atoms with Crippen molar-refractivity contribution < 1.29 is 9.47 Å². The zero-order valence-corrected chi connectivity index (χ0v) is 12.6. The minimum atomic E-state index is 0.344. The van der Waals surface area contributed by atoms with E-state index in [9.17, 15) is 0 Å². The Morgan fingerprint density at radius 1 is 1.24 bits per heavy atom. The van der Waals surface area contributed by atoms with Crippen LogP contribution < -0.4 is 15.2 Å². The van der Waals surface area contributed by atoms with E-state index in [0.717, 1.165) is 24.4 Å². The van der Waals surface area contributed by atoms with Gasteiger partial charge in [-0.25, -0.2) is 9.67 Å². The quantitative estimate of drug-likeness (QED) is 0.806. The van der Waals surface area contributed by atoms with Crippen LogP contribution in [0.2, 0.25) is 0 Å². The second-order valence-corrected chi connectivity index (χ2v) is 4.57. The summed E-state index contributed by atoms with van der Waals surface area (Å²) in [6.07, 6.45) is 2.55. The molecule has 0 aliphatic carbocycles. The van der Waals surface area contributed by atoms with Crippen molar-refractivity contribution in [3.63, 3.8) is 0 Å². The normalized spacial score (nSPS) is 10.6. The van der Waals surface area contributed by atoms with Gasteiger partial charge in [-0.1, -0.05) is 19.1 Å². The number of hydrogen-bond donors (Lipinski definition) is 1. The van der Waals surface area contributed by atoms with Gasteiger partial charge in [0, 0.05) is 18.7 Å². The van der Waals surface area contributed by atoms with Crippen LogP contribution in [-0.4, -0.2) is 21.4 Å². The molecule has 2 aromatic rings. The first-order valence-corrected chi connectivity index (χ1v) is 7.24. The Morgan fingerprint density at radius 3 is 2.81 bits per heavy atom. The minimum Gasteiger partial charge on any atom is -0.490 e. The highest BCUT2D eigenvalue weighted by Crippen LogP contribution is 2.31. The molecule has 2 rings (SSSR count). The van der Waals surface area contributed by atoms with Gasteiger partial charge in [0.1, 0.15) is 12.9 Å². The fraction of sp³-hybridized carbons (Fsp3) is 0.467. The molecule has 114 valence electrons. The number of hydrogen-bond acceptors (Lipinski definition) is 5. The van der Waals surface area contributed by atoms with Crippen molar-refractivity contribution in [2.75, 3.05) is 6.61 Å². The SMILES string of the molecule is CCCn1ncnc1COc1c(CN)cccc1OCC. The van der Waals surface area contributed by atoms with Crippen molar-refractivity contribution in [3.05, 3.63) is 35.9 Å². The number of nitrogens with two attached hydrogens (primary N) is 1. The molecule has 0 fully saturated rings. The predicted octanol–water partition coefficient (Wildman–Crippen LogP) is 2.12. The Bertz CT molecular complexity index is 569. The van der Waals surface area contributed by atoms with E-state index in [-0.39, 0.29) is 0 Å². The lowest BCUT2D eigenvalue weighted by Gasteiger charge is -2.15. The van der Waals surface area contributed by atoms with Crippen molar-refractivity contribution in [2.24, 2.45) is 5.73 Å². The van der Waals surface area contributed by atoms with Gasteiger partial charge in [-0.2, -0.15) is 5.10 Å². The van der Waals surface area contributed by atoms with Crippen LogP contribution in [-0.2, 0) is 19.7 Å². The Morgan fingerprint density at radius 2 is 2.10 bits per heavy atom. The van der Waals surface area contributed by atoms with Crippen LogP contribution in [0.1, 0.15) is 31.7 Å². The van der Waals surface area contributed by atoms with E-state index in [1.54, 1.807) is 6.33 Å². The van der Waals surface area contributed by atoms with Gasteiger partial charge in [0.2, 0.25) is 0 Å². The van der Waals surface area contributed by atoms with Gasteiger partial charge in [-0.3, -0.25) is 0 Å². The maximum absolute atomic E-state index is 5.91. The number of aryl methyl sites for hydroxylation is 1. The first-order valence-electron chi connectivity index (χ1n) is 7.24. The second-order valence-electron chi connectivity index (χ2n) is 4.57. The maximum Gasteiger partial charge on any atom is 0.166 e. The molecule has 0 amide bonds. The molecule has 0 atom stereocenters. The van der Waals surface area contributed by atoms with Crippen LogP contribution in [0.4, 0.5) is 0 Å². The summed E-state index contributed by atoms with van der Waals surface area (Å²) in [6.45, 7) is 6.20. The van der Waals surface area contributed by atoms with Gasteiger partial charge in [0.05, 0.1) is 6.61 Å². The molecule has 0 radical (unpaired) electrons. The highest BCUT2D eigenvalue weighted by atomic mass is 16.5. The first-order chi connectivity index (χ1) is 10.3. The Balaban J connectivity index is 2.16. The van der Waals surface area contributed by atoms with Gasteiger partial charge in [0.25, 0.3) is 0 Å². The van der Waals surface area contributed by atoms with Gasteiger partial charge in [-0.05, 0) is 19.4 Å². The molecule has 0 aliphatic rings. The third-order valence-corrected chi connectivity index (χ3v) is 3.06. The smallest absolute Gasteiger partial charge is 0.166 e. The van der Waals surface area contributed by atoms with Crippen LogP contribution in [0.25, 0.3) is 0 Å². The molecule has 6 heteroatoms. The number of para-hydroxylation sites is 1. The Labute approximate surface area is 124 Å². The number of rotatable bonds is 8. The number of aromatic nitrogens is 3. The van der Waals surface area contributed by atoms with Gasteiger partial charge >= 0.3 is 0 Å². The topological polar surface area (TPSA) is 75.2 Å². The lowest BCUT2D eigenvalue weighted by Crippen LogP contribution is -2.10. The fourth-order valence-corrected chi connectivity index (χ4v) is 2.09. The predicted molar refractivity (Wildman–Crippen MR) is 80.1 cm³/mol. The van der Waals surface area contributed by atoms with Crippen LogP contribution in [0.15, 0.2) is 24.5 Å². The van der Waals surface area contributed by atoms with E-state index < -0.39 is 0 Å². The zero-order valence-electron chi connectivity index (χ0n) is 12.6. The lowest BCUT2D eigenvalue weighted by molar-refractivity contribution is 0.255. The molecule has 0 spiro atoms. The molecule has 1 aromatic heterocycles. The molecular formula is C15H22N4O2. The highest BCUT2D eigenvalue weighted by Gasteiger charge is 2.12. The van der Waals surface area contributed by atoms with E-state index in [2.05, 4.69) is 17.0 Å². The Hall–Kier alpha value is -2.08. The summed E-state index contributed by atoms with van der Waals surface area (Å²) < 4.78 is 13.4. The summed E-state index contributed by atoms with van der Waals surface area (Å²) >= 11 is 0. The minimum absolute atomic E-state index is 0.344. The number of benzene rings is 1. The van der Waals surface area contributed by atoms with Crippen LogP contribution >= 0.6 is 0 Å². The molecule has 1 aromatic carbocycles. The molecule has 6 nitrogen and oxygen atoms in total. The average Bonchev–Trinajstić information content (AvgIpc) is 2.94. The summed E-state index contributed by atoms with van der Waals surface area (Å²) in [5.41, 5.74) is 6.69. The second kappa shape index (κ2) is 7.64. The van der Waals surface area contributed by atoms with Gasteiger partial charge in [-0.15, -0.1) is 0 Å². The largest absolute Gasteiger partial charge is 0.490 e. The number of nitrogens with zero attached hydrogens (tertiary/aromatic N) is 3. The summed E-state index contributed by atoms with van der Waals surface area (Å²) in [6, 6.07) is 5.74. The highest BCUT2D eigenvalue weighted by molar-refractivity contribution is 5.46. The third-order valence-electron chi connectivity index (χ3n) is 3.06. The molecular weight excluding hydrogens is 268 g/mol. The fourth-order valence-electron chi connectivity index (χ4n) is 2.09. The van der Waals surface area contributed by atoms with Gasteiger partial charge < -0.3 is 15.2 Å². The van der Waals surface area contributed by atoms with Crippen LogP contribution in [0.3, 0.4) is 0 Å². The van der Waals surface area contributed by atoms with E-state index in [1.165, 1.54) is 0 Å². The molecule has 0 saturated heterocycles. The van der Waals surface area contributed by atoms with E-state index in [0.29, 0.717) is 31.3 Å². The summed E-state index contributed by atoms with van der Waals surface area (Å²) in [7, 11) is 0. The molecule has 0 saturated carbocycles. The monoisotopic (exact) mass is 290 g/mol. The van der Waals surface area contributed by atoms with Crippen molar-refractivity contribution in [2.45, 2.75) is 40.0 Å². The number of ether oxygens (including phenoxy) is 2. The first kappa shape index (κ1) is 15.3. The van der Waals surface area contributed by atoms with E-state index in [1.807, 2.05) is 29.8 Å². The molecule has 2 N–H and O–H groups in total.